The Kier molecular flexibility index (Phi) is 48.7. The summed E-state index contributed by atoms with van der Waals surface area (Å²) in [6.07, 6.45) is 63.0. The number of hydrogen-bond donors (Lipinski definition) is 3. The molecule has 6 atom stereocenters. The van der Waals surface area contributed by atoms with Crippen LogP contribution >= 0.6 is 0 Å². The lowest BCUT2D eigenvalue weighted by Crippen LogP contribution is -2.61. The Morgan fingerprint density at radius 3 is 1.25 bits per heavy atom. The predicted molar refractivity (Wildman–Crippen MR) is 321 cm³/mol. The molecule has 0 radical (unpaired) electrons. The Bertz CT molecular complexity index is 1880. The van der Waals surface area contributed by atoms with E-state index in [4.69, 9.17) is 23.7 Å². The Balaban J connectivity index is 2.78. The monoisotopic (exact) mass is 1100 g/mol. The van der Waals surface area contributed by atoms with Crippen molar-refractivity contribution < 1.29 is 58.2 Å². The number of allylic oxidation sites excluding steroid dienone is 22. The van der Waals surface area contributed by atoms with Crippen LogP contribution in [0.2, 0.25) is 0 Å². The number of carboxylic acids is 1. The van der Waals surface area contributed by atoms with Gasteiger partial charge in [-0.15, -0.1) is 0 Å². The molecule has 1 rings (SSSR count). The lowest BCUT2D eigenvalue weighted by atomic mass is 9.98. The average molecular weight is 1100 g/mol. The minimum Gasteiger partial charge on any atom is -0.479 e. The molecule has 1 heterocycles. The summed E-state index contributed by atoms with van der Waals surface area (Å²) in [5, 5.41) is 31.5. The second-order valence-corrected chi connectivity index (χ2v) is 19.9. The number of hydrogen-bond acceptors (Lipinski definition) is 11. The number of rotatable bonds is 49. The molecule has 1 aliphatic heterocycles. The lowest BCUT2D eigenvalue weighted by molar-refractivity contribution is -0.301. The van der Waals surface area contributed by atoms with E-state index in [1.54, 1.807) is 0 Å². The van der Waals surface area contributed by atoms with Crippen molar-refractivity contribution in [2.24, 2.45) is 0 Å². The largest absolute Gasteiger partial charge is 0.479 e. The molecule has 12 heteroatoms. The van der Waals surface area contributed by atoms with Gasteiger partial charge in [0, 0.05) is 19.3 Å². The summed E-state index contributed by atoms with van der Waals surface area (Å²) in [6, 6.07) is 0. The van der Waals surface area contributed by atoms with E-state index in [0.29, 0.717) is 32.1 Å². The van der Waals surface area contributed by atoms with E-state index >= 15 is 0 Å². The van der Waals surface area contributed by atoms with Crippen LogP contribution in [0.4, 0.5) is 0 Å². The van der Waals surface area contributed by atoms with Gasteiger partial charge in [0.05, 0.1) is 6.61 Å². The summed E-state index contributed by atoms with van der Waals surface area (Å²) in [6.45, 7) is 5.64. The first-order chi connectivity index (χ1) is 38.6. The van der Waals surface area contributed by atoms with Gasteiger partial charge in [0.2, 0.25) is 0 Å². The number of ether oxygens (including phenoxy) is 5. The van der Waals surface area contributed by atoms with Crippen molar-refractivity contribution in [1.82, 2.24) is 0 Å². The van der Waals surface area contributed by atoms with Crippen molar-refractivity contribution in [3.63, 3.8) is 0 Å². The average Bonchev–Trinajstić information content (AvgIpc) is 3.44. The van der Waals surface area contributed by atoms with Gasteiger partial charge in [0.25, 0.3) is 0 Å². The summed E-state index contributed by atoms with van der Waals surface area (Å²) < 4.78 is 28.3. The van der Waals surface area contributed by atoms with Gasteiger partial charge in [-0.25, -0.2) is 4.79 Å². The molecule has 79 heavy (non-hydrogen) atoms. The minimum atomic E-state index is -1.93. The fourth-order valence-corrected chi connectivity index (χ4v) is 8.19. The Labute approximate surface area is 477 Å². The smallest absolute Gasteiger partial charge is 0.335 e. The van der Waals surface area contributed by atoms with Crippen LogP contribution in [0.15, 0.2) is 134 Å². The Morgan fingerprint density at radius 1 is 0.430 bits per heavy atom. The van der Waals surface area contributed by atoms with Crippen molar-refractivity contribution in [2.45, 2.75) is 250 Å². The third-order valence-electron chi connectivity index (χ3n) is 12.7. The van der Waals surface area contributed by atoms with Crippen molar-refractivity contribution in [1.29, 1.82) is 0 Å². The second-order valence-electron chi connectivity index (χ2n) is 19.9. The summed E-state index contributed by atoms with van der Waals surface area (Å²) in [7, 11) is 0. The van der Waals surface area contributed by atoms with Gasteiger partial charge in [-0.05, 0) is 96.3 Å². The van der Waals surface area contributed by atoms with Crippen LogP contribution in [0, 0.1) is 0 Å². The molecule has 6 unspecified atom stereocenters. The van der Waals surface area contributed by atoms with Crippen molar-refractivity contribution in [2.75, 3.05) is 13.2 Å². The van der Waals surface area contributed by atoms with Gasteiger partial charge in [-0.3, -0.25) is 14.4 Å². The van der Waals surface area contributed by atoms with E-state index < -0.39 is 67.3 Å². The van der Waals surface area contributed by atoms with Gasteiger partial charge in [-0.1, -0.05) is 231 Å². The molecule has 0 aromatic rings. The summed E-state index contributed by atoms with van der Waals surface area (Å²) >= 11 is 0. The van der Waals surface area contributed by atoms with Crippen molar-refractivity contribution in [3.05, 3.63) is 134 Å². The molecule has 444 valence electrons. The number of esters is 3. The van der Waals surface area contributed by atoms with E-state index in [9.17, 15) is 34.5 Å². The molecule has 0 aromatic carbocycles. The number of unbranched alkanes of at least 4 members (excludes halogenated alkanes) is 13. The van der Waals surface area contributed by atoms with Crippen molar-refractivity contribution in [3.8, 4) is 0 Å². The summed E-state index contributed by atoms with van der Waals surface area (Å²) in [5.74, 6) is -3.33. The van der Waals surface area contributed by atoms with E-state index in [-0.39, 0.29) is 25.9 Å². The van der Waals surface area contributed by atoms with Crippen LogP contribution in [-0.4, -0.2) is 89.2 Å². The molecule has 1 aliphatic rings. The van der Waals surface area contributed by atoms with Gasteiger partial charge >= 0.3 is 23.9 Å². The number of aliphatic carboxylic acids is 1. The molecule has 0 amide bonds. The fourth-order valence-electron chi connectivity index (χ4n) is 8.19. The minimum absolute atomic E-state index is 0.0422. The standard InChI is InChI=1S/C67H104O12/c1-4-7-10-13-16-19-22-25-27-29-30-32-33-36-38-41-44-47-50-53-59(68)75-56-58(77-60(69)54-51-48-45-42-40-37-34-31-28-26-23-20-17-14-11-8-5-2)57-76-67-65(63(72)62(71)64(79-67)66(73)74)78-61(70)55-52-49-46-43-39-35-24-21-18-15-12-9-6-3/h7-8,10-11,16-17,19-20,25-28,30,32,34,36-38,42,44-45,47,58,62-65,67,71-72H,4-6,9,12-15,18,21-24,29,31,33,35,39-41,43,46,48-57H2,1-3H3,(H,73,74)/b10-7-,11-8-,19-16-,20-17-,27-25-,28-26-,32-30-,37-34-,38-36-,45-42-,47-44-. The van der Waals surface area contributed by atoms with E-state index in [2.05, 4.69) is 130 Å². The normalized spacial score (nSPS) is 18.8. The fraction of sp³-hybridized carbons (Fsp3) is 0.612. The first-order valence-corrected chi connectivity index (χ1v) is 30.2. The Hall–Kier alpha value is -5.14. The van der Waals surface area contributed by atoms with E-state index in [1.165, 1.54) is 51.4 Å². The molecule has 0 saturated carbocycles. The van der Waals surface area contributed by atoms with E-state index in [0.717, 1.165) is 89.9 Å². The van der Waals surface area contributed by atoms with Crippen LogP contribution in [0.5, 0.6) is 0 Å². The van der Waals surface area contributed by atoms with Gasteiger partial charge in [0.15, 0.2) is 24.6 Å². The maximum atomic E-state index is 13.1. The second kappa shape index (κ2) is 53.5. The zero-order chi connectivity index (χ0) is 57.5. The molecule has 0 spiro atoms. The maximum absolute atomic E-state index is 13.1. The van der Waals surface area contributed by atoms with Gasteiger partial charge in [-0.2, -0.15) is 0 Å². The first kappa shape index (κ1) is 71.9. The SMILES string of the molecule is CC/C=C\C/C=C\C/C=C\C/C=C\C/C=C\C/C=C\CCC(=O)OCC(COC1OC(C(=O)O)C(O)C(O)C1OC(=O)CCCCCCCCCCCCCCC)OC(=O)CCC/C=C\C/C=C\C/C=C\C/C=C\C/C=C\CC. The highest BCUT2D eigenvalue weighted by Crippen LogP contribution is 2.26. The highest BCUT2D eigenvalue weighted by atomic mass is 16.7. The van der Waals surface area contributed by atoms with Gasteiger partial charge in [0.1, 0.15) is 18.8 Å². The van der Waals surface area contributed by atoms with Crippen LogP contribution < -0.4 is 0 Å². The first-order valence-electron chi connectivity index (χ1n) is 30.2. The van der Waals surface area contributed by atoms with E-state index in [1.807, 2.05) is 24.3 Å². The third kappa shape index (κ3) is 43.4. The molecule has 0 aliphatic carbocycles. The highest BCUT2D eigenvalue weighted by Gasteiger charge is 2.50. The number of aliphatic hydroxyl groups is 2. The molecular weight excluding hydrogens is 997 g/mol. The lowest BCUT2D eigenvalue weighted by Gasteiger charge is -2.40. The number of carboxylic acid groups (broad SMARTS) is 1. The third-order valence-corrected chi connectivity index (χ3v) is 12.7. The van der Waals surface area contributed by atoms with Crippen LogP contribution in [0.25, 0.3) is 0 Å². The molecule has 1 fully saturated rings. The van der Waals surface area contributed by atoms with Crippen LogP contribution in [0.3, 0.4) is 0 Å². The predicted octanol–water partition coefficient (Wildman–Crippen LogP) is 15.8. The zero-order valence-electron chi connectivity index (χ0n) is 48.8. The zero-order valence-corrected chi connectivity index (χ0v) is 48.8. The quantitative estimate of drug-likeness (QED) is 0.0228. The van der Waals surface area contributed by atoms with Crippen LogP contribution in [-0.2, 0) is 42.9 Å². The topological polar surface area (TPSA) is 175 Å². The Morgan fingerprint density at radius 2 is 0.823 bits per heavy atom. The number of carbonyl (C=O) groups is 4. The molecule has 12 nitrogen and oxygen atoms in total. The molecule has 0 aromatic heterocycles. The number of aliphatic hydroxyl groups excluding tert-OH is 2. The molecule has 3 N–H and O–H groups in total. The molecular formula is C67H104O12. The summed E-state index contributed by atoms with van der Waals surface area (Å²) in [4.78, 5) is 51.1. The molecule has 0 bridgehead atoms. The summed E-state index contributed by atoms with van der Waals surface area (Å²) in [5.41, 5.74) is 0. The highest BCUT2D eigenvalue weighted by molar-refractivity contribution is 5.74. The van der Waals surface area contributed by atoms with Crippen LogP contribution in [0.1, 0.15) is 213 Å². The molecule has 1 saturated heterocycles. The van der Waals surface area contributed by atoms with Crippen molar-refractivity contribution >= 4 is 23.9 Å². The van der Waals surface area contributed by atoms with Gasteiger partial charge < -0.3 is 39.0 Å². The number of carbonyl (C=O) groups excluding carboxylic acids is 3. The maximum Gasteiger partial charge on any atom is 0.335 e.